The van der Waals surface area contributed by atoms with Crippen LogP contribution in [0.1, 0.15) is 30.4 Å². The molecule has 1 aliphatic rings. The summed E-state index contributed by atoms with van der Waals surface area (Å²) in [6, 6.07) is 11.8. The average molecular weight is 418 g/mol. The molecule has 1 heterocycles. The molecule has 0 spiro atoms. The van der Waals surface area contributed by atoms with Crippen molar-refractivity contribution in [3.05, 3.63) is 53.6 Å². The molecule has 8 heteroatoms. The van der Waals surface area contributed by atoms with Gasteiger partial charge in [0.1, 0.15) is 11.9 Å². The number of esters is 1. The minimum atomic E-state index is -1.29. The van der Waals surface area contributed by atoms with Crippen molar-refractivity contribution in [2.24, 2.45) is 0 Å². The van der Waals surface area contributed by atoms with Gasteiger partial charge in [-0.3, -0.25) is 0 Å². The van der Waals surface area contributed by atoms with E-state index in [9.17, 15) is 9.90 Å². The molecule has 0 aromatic heterocycles. The fourth-order valence-electron chi connectivity index (χ4n) is 3.06. The summed E-state index contributed by atoms with van der Waals surface area (Å²) in [6.45, 7) is 2.88. The van der Waals surface area contributed by atoms with Crippen LogP contribution in [-0.4, -0.2) is 51.2 Å². The van der Waals surface area contributed by atoms with Crippen LogP contribution in [0.25, 0.3) is 0 Å². The summed E-state index contributed by atoms with van der Waals surface area (Å²) in [6.07, 6.45) is -3.03. The molecule has 1 aliphatic heterocycles. The topological polar surface area (TPSA) is 92.7 Å². The molecular weight excluding hydrogens is 392 g/mol. The summed E-state index contributed by atoms with van der Waals surface area (Å²) in [5.74, 6) is 0.607. The zero-order chi connectivity index (χ0) is 21.5. The summed E-state index contributed by atoms with van der Waals surface area (Å²) in [4.78, 5) is 12.5. The highest BCUT2D eigenvalue weighted by Gasteiger charge is 2.33. The Balaban J connectivity index is 1.85. The number of aliphatic hydroxyl groups excluding tert-OH is 1. The Morgan fingerprint density at radius 3 is 2.37 bits per heavy atom. The van der Waals surface area contributed by atoms with Gasteiger partial charge in [-0.2, -0.15) is 0 Å². The van der Waals surface area contributed by atoms with Gasteiger partial charge in [-0.15, -0.1) is 0 Å². The zero-order valence-corrected chi connectivity index (χ0v) is 17.2. The molecule has 2 aromatic rings. The Kier molecular flexibility index (Phi) is 7.51. The maximum atomic E-state index is 12.5. The molecule has 1 fully saturated rings. The lowest BCUT2D eigenvalue weighted by Crippen LogP contribution is -2.35. The molecule has 8 nitrogen and oxygen atoms in total. The monoisotopic (exact) mass is 418 g/mol. The smallest absolute Gasteiger partial charge is 0.350 e. The van der Waals surface area contributed by atoms with Gasteiger partial charge in [0.25, 0.3) is 0 Å². The van der Waals surface area contributed by atoms with Gasteiger partial charge in [-0.05, 0) is 36.8 Å². The summed E-state index contributed by atoms with van der Waals surface area (Å²) < 4.78 is 32.5. The standard InChI is InChI=1S/C22H26O8/c1-4-27-21(24)20(19(23)14-5-8-16(25-2)9-6-14)30-17-10-7-15(13-18(17)26-3)22-28-11-12-29-22/h5-10,13,19-20,22-23H,4,11-12H2,1-3H3/t19-,20-/m0/s1. The van der Waals surface area contributed by atoms with Gasteiger partial charge in [0.2, 0.25) is 6.10 Å². The third-order valence-corrected chi connectivity index (χ3v) is 4.60. The van der Waals surface area contributed by atoms with Crippen LogP contribution >= 0.6 is 0 Å². The summed E-state index contributed by atoms with van der Waals surface area (Å²) >= 11 is 0. The molecular formula is C22H26O8. The van der Waals surface area contributed by atoms with Gasteiger partial charge in [0, 0.05) is 5.56 Å². The third kappa shape index (κ3) is 5.02. The summed E-state index contributed by atoms with van der Waals surface area (Å²) in [7, 11) is 3.04. The van der Waals surface area contributed by atoms with E-state index in [4.69, 9.17) is 28.4 Å². The Labute approximate surface area is 175 Å². The van der Waals surface area contributed by atoms with Gasteiger partial charge in [-0.1, -0.05) is 18.2 Å². The minimum Gasteiger partial charge on any atom is -0.497 e. The molecule has 0 saturated carbocycles. The second kappa shape index (κ2) is 10.3. The summed E-state index contributed by atoms with van der Waals surface area (Å²) in [5, 5.41) is 10.8. The number of hydrogen-bond donors (Lipinski definition) is 1. The Hall–Kier alpha value is -2.81. The zero-order valence-electron chi connectivity index (χ0n) is 17.2. The fraction of sp³-hybridized carbons (Fsp3) is 0.409. The second-order valence-electron chi connectivity index (χ2n) is 6.49. The van der Waals surface area contributed by atoms with E-state index >= 15 is 0 Å². The first-order chi connectivity index (χ1) is 14.6. The molecule has 2 atom stereocenters. The maximum absolute atomic E-state index is 12.5. The third-order valence-electron chi connectivity index (χ3n) is 4.60. The molecule has 1 saturated heterocycles. The highest BCUT2D eigenvalue weighted by Crippen LogP contribution is 2.35. The molecule has 0 aliphatic carbocycles. The van der Waals surface area contributed by atoms with E-state index in [1.807, 2.05) is 0 Å². The van der Waals surface area contributed by atoms with Crippen molar-refractivity contribution in [1.29, 1.82) is 0 Å². The Morgan fingerprint density at radius 2 is 1.77 bits per heavy atom. The van der Waals surface area contributed by atoms with Gasteiger partial charge in [-0.25, -0.2) is 4.79 Å². The molecule has 2 aromatic carbocycles. The maximum Gasteiger partial charge on any atom is 0.350 e. The van der Waals surface area contributed by atoms with E-state index in [-0.39, 0.29) is 12.4 Å². The number of carbonyl (C=O) groups excluding carboxylic acids is 1. The first kappa shape index (κ1) is 21.9. The number of ether oxygens (including phenoxy) is 6. The number of rotatable bonds is 9. The quantitative estimate of drug-likeness (QED) is 0.622. The van der Waals surface area contributed by atoms with Crippen molar-refractivity contribution in [1.82, 2.24) is 0 Å². The van der Waals surface area contributed by atoms with Gasteiger partial charge in [0.05, 0.1) is 34.0 Å². The highest BCUT2D eigenvalue weighted by molar-refractivity contribution is 5.76. The first-order valence-electron chi connectivity index (χ1n) is 9.63. The number of aliphatic hydroxyl groups is 1. The largest absolute Gasteiger partial charge is 0.497 e. The van der Waals surface area contributed by atoms with Gasteiger partial charge >= 0.3 is 5.97 Å². The molecule has 3 rings (SSSR count). The minimum absolute atomic E-state index is 0.153. The highest BCUT2D eigenvalue weighted by atomic mass is 16.7. The Morgan fingerprint density at radius 1 is 1.07 bits per heavy atom. The first-order valence-corrected chi connectivity index (χ1v) is 9.63. The second-order valence-corrected chi connectivity index (χ2v) is 6.49. The van der Waals surface area contributed by atoms with E-state index < -0.39 is 24.5 Å². The molecule has 0 unspecified atom stereocenters. The number of benzene rings is 2. The predicted octanol–water partition coefficient (Wildman–Crippen LogP) is 2.79. The van der Waals surface area contributed by atoms with Crippen LogP contribution in [0.4, 0.5) is 0 Å². The van der Waals surface area contributed by atoms with Gasteiger partial charge in [0.15, 0.2) is 17.8 Å². The molecule has 0 radical (unpaired) electrons. The van der Waals surface area contributed by atoms with E-state index in [2.05, 4.69) is 0 Å². The van der Waals surface area contributed by atoms with E-state index in [0.29, 0.717) is 30.3 Å². The van der Waals surface area contributed by atoms with Crippen LogP contribution in [0.5, 0.6) is 17.2 Å². The van der Waals surface area contributed by atoms with Crippen LogP contribution in [0, 0.1) is 0 Å². The molecule has 30 heavy (non-hydrogen) atoms. The summed E-state index contributed by atoms with van der Waals surface area (Å²) in [5.41, 5.74) is 1.25. The lowest BCUT2D eigenvalue weighted by atomic mass is 10.0. The predicted molar refractivity (Wildman–Crippen MR) is 107 cm³/mol. The normalized spacial score (nSPS) is 16.0. The molecule has 0 amide bonds. The van der Waals surface area contributed by atoms with E-state index in [1.54, 1.807) is 56.5 Å². The van der Waals surface area contributed by atoms with Crippen molar-refractivity contribution >= 4 is 5.97 Å². The number of hydrogen-bond acceptors (Lipinski definition) is 8. The molecule has 162 valence electrons. The lowest BCUT2D eigenvalue weighted by Gasteiger charge is -2.24. The van der Waals surface area contributed by atoms with Crippen molar-refractivity contribution in [3.63, 3.8) is 0 Å². The van der Waals surface area contributed by atoms with Crippen molar-refractivity contribution < 1.29 is 38.3 Å². The van der Waals surface area contributed by atoms with Crippen LogP contribution in [0.3, 0.4) is 0 Å². The lowest BCUT2D eigenvalue weighted by molar-refractivity contribution is -0.157. The van der Waals surface area contributed by atoms with Crippen molar-refractivity contribution in [3.8, 4) is 17.2 Å². The van der Waals surface area contributed by atoms with Crippen LogP contribution in [0.15, 0.2) is 42.5 Å². The van der Waals surface area contributed by atoms with Crippen LogP contribution < -0.4 is 14.2 Å². The van der Waals surface area contributed by atoms with Crippen LogP contribution in [-0.2, 0) is 19.0 Å². The number of carbonyl (C=O) groups is 1. The Bertz CT molecular complexity index is 830. The van der Waals surface area contributed by atoms with Crippen molar-refractivity contribution in [2.75, 3.05) is 34.0 Å². The fourth-order valence-corrected chi connectivity index (χ4v) is 3.06. The van der Waals surface area contributed by atoms with Crippen LogP contribution in [0.2, 0.25) is 0 Å². The van der Waals surface area contributed by atoms with Crippen molar-refractivity contribution in [2.45, 2.75) is 25.4 Å². The number of methoxy groups -OCH3 is 2. The SMILES string of the molecule is CCOC(=O)[C@@H](Oc1ccc(C2OCCO2)cc1OC)[C@@H](O)c1ccc(OC)cc1. The van der Waals surface area contributed by atoms with Gasteiger partial charge < -0.3 is 33.5 Å². The van der Waals surface area contributed by atoms with E-state index in [0.717, 1.165) is 5.56 Å². The molecule has 1 N–H and O–H groups in total. The molecule has 0 bridgehead atoms. The van der Waals surface area contributed by atoms with E-state index in [1.165, 1.54) is 7.11 Å². The average Bonchev–Trinajstić information content (AvgIpc) is 3.32.